The molecule has 0 bridgehead atoms. The Hall–Kier alpha value is -1.80. The van der Waals surface area contributed by atoms with Gasteiger partial charge in [-0.1, -0.05) is 42.0 Å². The summed E-state index contributed by atoms with van der Waals surface area (Å²) in [5.41, 5.74) is 4.11. The van der Waals surface area contributed by atoms with Gasteiger partial charge in [0.2, 0.25) is 0 Å². The quantitative estimate of drug-likeness (QED) is 0.821. The Labute approximate surface area is 109 Å². The van der Waals surface area contributed by atoms with Crippen LogP contribution >= 0.6 is 0 Å². The summed E-state index contributed by atoms with van der Waals surface area (Å²) in [6.07, 6.45) is 6.01. The van der Waals surface area contributed by atoms with Crippen molar-refractivity contribution in [2.24, 2.45) is 0 Å². The van der Waals surface area contributed by atoms with Crippen LogP contribution in [0.4, 0.5) is 0 Å². The molecule has 0 heterocycles. The Morgan fingerprint density at radius 3 is 2.72 bits per heavy atom. The van der Waals surface area contributed by atoms with Gasteiger partial charge in [-0.15, -0.1) is 0 Å². The fourth-order valence-corrected chi connectivity index (χ4v) is 2.11. The minimum atomic E-state index is 0.362. The lowest BCUT2D eigenvalue weighted by Gasteiger charge is -2.14. The first kappa shape index (κ1) is 12.7. The molecule has 2 heteroatoms. The van der Waals surface area contributed by atoms with Gasteiger partial charge in [0.05, 0.1) is 0 Å². The van der Waals surface area contributed by atoms with E-state index in [0.29, 0.717) is 5.76 Å². The first-order valence-corrected chi connectivity index (χ1v) is 6.10. The van der Waals surface area contributed by atoms with Crippen molar-refractivity contribution in [1.29, 1.82) is 0 Å². The normalized spacial score (nSPS) is 17.2. The van der Waals surface area contributed by atoms with Crippen molar-refractivity contribution >= 4 is 5.76 Å². The summed E-state index contributed by atoms with van der Waals surface area (Å²) in [6, 6.07) is 7.94. The molecule has 1 aliphatic carbocycles. The molecule has 1 aromatic rings. The molecular formula is C16H19NO. The van der Waals surface area contributed by atoms with Gasteiger partial charge < -0.3 is 10.0 Å². The van der Waals surface area contributed by atoms with Crippen molar-refractivity contribution in [3.63, 3.8) is 0 Å². The van der Waals surface area contributed by atoms with Crippen molar-refractivity contribution in [2.45, 2.75) is 6.92 Å². The highest BCUT2D eigenvalue weighted by Crippen LogP contribution is 2.27. The zero-order valence-electron chi connectivity index (χ0n) is 11.1. The Morgan fingerprint density at radius 2 is 2.06 bits per heavy atom. The maximum atomic E-state index is 10.4. The first-order valence-electron chi connectivity index (χ1n) is 6.10. The molecule has 2 rings (SSSR count). The van der Waals surface area contributed by atoms with Crippen molar-refractivity contribution in [1.82, 2.24) is 4.90 Å². The standard InChI is InChI=1S/C16H19NO/c1-12-6-4-7-13(10-12)16(18)15-9-5-8-14(15)11-17(2)3/h4-10,18H,11H2,1-3H3/b16-15-. The molecular weight excluding hydrogens is 222 g/mol. The molecule has 0 unspecified atom stereocenters. The second-order valence-corrected chi connectivity index (χ2v) is 4.92. The molecule has 0 fully saturated rings. The fraction of sp³-hybridized carbons (Fsp3) is 0.250. The molecule has 0 aliphatic heterocycles. The fourth-order valence-electron chi connectivity index (χ4n) is 2.11. The Bertz CT molecular complexity index is 536. The van der Waals surface area contributed by atoms with Crippen LogP contribution in [-0.4, -0.2) is 30.6 Å². The van der Waals surface area contributed by atoms with Gasteiger partial charge in [0.25, 0.3) is 0 Å². The van der Waals surface area contributed by atoms with Crippen LogP contribution in [0, 0.1) is 6.92 Å². The van der Waals surface area contributed by atoms with E-state index in [1.54, 1.807) is 0 Å². The number of nitrogens with zero attached hydrogens (tertiary/aromatic N) is 1. The average molecular weight is 241 g/mol. The predicted molar refractivity (Wildman–Crippen MR) is 76.5 cm³/mol. The minimum Gasteiger partial charge on any atom is -0.507 e. The van der Waals surface area contributed by atoms with Crippen LogP contribution in [0.5, 0.6) is 0 Å². The van der Waals surface area contributed by atoms with E-state index >= 15 is 0 Å². The van der Waals surface area contributed by atoms with Crippen molar-refractivity contribution in [2.75, 3.05) is 20.6 Å². The van der Waals surface area contributed by atoms with Gasteiger partial charge in [0.15, 0.2) is 0 Å². The van der Waals surface area contributed by atoms with E-state index in [1.807, 2.05) is 57.4 Å². The second-order valence-electron chi connectivity index (χ2n) is 4.92. The van der Waals surface area contributed by atoms with Crippen molar-refractivity contribution in [3.05, 3.63) is 64.8 Å². The maximum absolute atomic E-state index is 10.4. The summed E-state index contributed by atoms with van der Waals surface area (Å²) in [7, 11) is 4.06. The Balaban J connectivity index is 2.36. The number of aliphatic hydroxyl groups is 1. The summed E-state index contributed by atoms with van der Waals surface area (Å²) < 4.78 is 0. The second kappa shape index (κ2) is 5.23. The molecule has 0 spiro atoms. The number of hydrogen-bond acceptors (Lipinski definition) is 2. The van der Waals surface area contributed by atoms with Crippen LogP contribution in [-0.2, 0) is 0 Å². The lowest BCUT2D eigenvalue weighted by molar-refractivity contribution is 0.446. The lowest BCUT2D eigenvalue weighted by Crippen LogP contribution is -2.15. The highest BCUT2D eigenvalue weighted by molar-refractivity contribution is 5.72. The van der Waals surface area contributed by atoms with E-state index < -0.39 is 0 Å². The topological polar surface area (TPSA) is 23.5 Å². The van der Waals surface area contributed by atoms with Gasteiger partial charge in [-0.3, -0.25) is 0 Å². The first-order chi connectivity index (χ1) is 8.58. The third-order valence-electron chi connectivity index (χ3n) is 2.94. The van der Waals surface area contributed by atoms with E-state index in [0.717, 1.165) is 28.8 Å². The van der Waals surface area contributed by atoms with Crippen LogP contribution in [0.25, 0.3) is 5.76 Å². The zero-order valence-corrected chi connectivity index (χ0v) is 11.1. The highest BCUT2D eigenvalue weighted by Gasteiger charge is 2.14. The summed E-state index contributed by atoms with van der Waals surface area (Å²) in [5, 5.41) is 10.4. The van der Waals surface area contributed by atoms with Gasteiger partial charge in [-0.25, -0.2) is 0 Å². The number of aryl methyl sites for hydroxylation is 1. The highest BCUT2D eigenvalue weighted by atomic mass is 16.3. The molecule has 0 aromatic heterocycles. The molecule has 18 heavy (non-hydrogen) atoms. The lowest BCUT2D eigenvalue weighted by atomic mass is 10.0. The van der Waals surface area contributed by atoms with E-state index in [4.69, 9.17) is 0 Å². The molecule has 2 nitrogen and oxygen atoms in total. The molecule has 1 aliphatic rings. The summed E-state index contributed by atoms with van der Waals surface area (Å²) in [6.45, 7) is 2.86. The molecule has 0 saturated carbocycles. The molecule has 1 N–H and O–H groups in total. The van der Waals surface area contributed by atoms with Crippen molar-refractivity contribution in [3.8, 4) is 0 Å². The Morgan fingerprint density at radius 1 is 1.28 bits per heavy atom. The molecule has 0 amide bonds. The van der Waals surface area contributed by atoms with Gasteiger partial charge in [0, 0.05) is 17.7 Å². The molecule has 0 radical (unpaired) electrons. The summed E-state index contributed by atoms with van der Waals surface area (Å²) in [4.78, 5) is 2.10. The molecule has 0 atom stereocenters. The third-order valence-corrected chi connectivity index (χ3v) is 2.94. The summed E-state index contributed by atoms with van der Waals surface area (Å²) in [5.74, 6) is 0.362. The summed E-state index contributed by atoms with van der Waals surface area (Å²) >= 11 is 0. The number of hydrogen-bond donors (Lipinski definition) is 1. The third kappa shape index (κ3) is 2.71. The van der Waals surface area contributed by atoms with Crippen LogP contribution in [0.15, 0.2) is 53.6 Å². The van der Waals surface area contributed by atoms with Crippen LogP contribution < -0.4 is 0 Å². The number of likely N-dealkylation sites (N-methyl/N-ethyl adjacent to an activating group) is 1. The minimum absolute atomic E-state index is 0.362. The predicted octanol–water partition coefficient (Wildman–Crippen LogP) is 3.32. The monoisotopic (exact) mass is 241 g/mol. The number of aliphatic hydroxyl groups excluding tert-OH is 1. The van der Waals surface area contributed by atoms with E-state index in [2.05, 4.69) is 11.0 Å². The molecule has 1 aromatic carbocycles. The van der Waals surface area contributed by atoms with Gasteiger partial charge in [-0.2, -0.15) is 0 Å². The van der Waals surface area contributed by atoms with E-state index in [-0.39, 0.29) is 0 Å². The van der Waals surface area contributed by atoms with E-state index in [9.17, 15) is 5.11 Å². The van der Waals surface area contributed by atoms with E-state index in [1.165, 1.54) is 0 Å². The largest absolute Gasteiger partial charge is 0.507 e. The van der Waals surface area contributed by atoms with Crippen LogP contribution in [0.1, 0.15) is 11.1 Å². The molecule has 94 valence electrons. The van der Waals surface area contributed by atoms with Gasteiger partial charge >= 0.3 is 0 Å². The number of rotatable bonds is 3. The van der Waals surface area contributed by atoms with Gasteiger partial charge in [-0.05, 0) is 32.7 Å². The zero-order chi connectivity index (χ0) is 13.1. The number of allylic oxidation sites excluding steroid dienone is 3. The van der Waals surface area contributed by atoms with Gasteiger partial charge in [0.1, 0.15) is 5.76 Å². The number of benzene rings is 1. The van der Waals surface area contributed by atoms with Crippen molar-refractivity contribution < 1.29 is 5.11 Å². The van der Waals surface area contributed by atoms with Crippen LogP contribution in [0.2, 0.25) is 0 Å². The molecule has 0 saturated heterocycles. The smallest absolute Gasteiger partial charge is 0.130 e. The Kier molecular flexibility index (Phi) is 3.68. The van der Waals surface area contributed by atoms with Crippen LogP contribution in [0.3, 0.4) is 0 Å². The SMILES string of the molecule is Cc1cccc(/C(O)=C2\C=CC=C2CN(C)C)c1. The average Bonchev–Trinajstić information content (AvgIpc) is 2.75. The maximum Gasteiger partial charge on any atom is 0.130 e.